The summed E-state index contributed by atoms with van der Waals surface area (Å²) in [6.45, 7) is 0.953. The van der Waals surface area contributed by atoms with E-state index in [-0.39, 0.29) is 18.5 Å². The first kappa shape index (κ1) is 12.3. The Morgan fingerprint density at radius 3 is 3.12 bits per heavy atom. The topological polar surface area (TPSA) is 35.5 Å². The summed E-state index contributed by atoms with van der Waals surface area (Å²) < 4.78 is 10.6. The van der Waals surface area contributed by atoms with Crippen LogP contribution in [0, 0.1) is 0 Å². The van der Waals surface area contributed by atoms with Gasteiger partial charge in [0.2, 0.25) is 0 Å². The highest BCUT2D eigenvalue weighted by atomic mass is 16.5. The first-order valence-electron chi connectivity index (χ1n) is 6.01. The van der Waals surface area contributed by atoms with Crippen LogP contribution in [0.1, 0.15) is 30.1 Å². The minimum absolute atomic E-state index is 0.0701. The van der Waals surface area contributed by atoms with Crippen LogP contribution in [-0.2, 0) is 20.7 Å². The Bertz CT molecular complexity index is 387. The number of benzene rings is 1. The quantitative estimate of drug-likeness (QED) is 0.784. The molecule has 1 aromatic rings. The van der Waals surface area contributed by atoms with Crippen LogP contribution in [0.2, 0.25) is 0 Å². The highest BCUT2D eigenvalue weighted by molar-refractivity contribution is 5.79. The molecule has 1 heterocycles. The monoisotopic (exact) mass is 234 g/mol. The summed E-state index contributed by atoms with van der Waals surface area (Å²) in [7, 11) is 1.55. The van der Waals surface area contributed by atoms with Crippen molar-refractivity contribution in [2.75, 3.05) is 20.3 Å². The molecule has 2 rings (SSSR count). The van der Waals surface area contributed by atoms with Crippen molar-refractivity contribution in [2.45, 2.75) is 25.4 Å². The lowest BCUT2D eigenvalue weighted by atomic mass is 9.94. The Balaban J connectivity index is 1.97. The molecule has 1 aromatic carbocycles. The van der Waals surface area contributed by atoms with Crippen molar-refractivity contribution in [3.8, 4) is 0 Å². The van der Waals surface area contributed by atoms with Gasteiger partial charge in [-0.25, -0.2) is 0 Å². The van der Waals surface area contributed by atoms with Crippen molar-refractivity contribution < 1.29 is 14.3 Å². The maximum atomic E-state index is 11.4. The summed E-state index contributed by atoms with van der Waals surface area (Å²) >= 11 is 0. The van der Waals surface area contributed by atoms with Gasteiger partial charge in [-0.15, -0.1) is 0 Å². The summed E-state index contributed by atoms with van der Waals surface area (Å²) in [5, 5.41) is 0. The number of carbonyl (C=O) groups is 1. The molecule has 0 spiro atoms. The summed E-state index contributed by atoms with van der Waals surface area (Å²) in [6, 6.07) is 8.32. The predicted octanol–water partition coefficient (Wildman–Crippen LogP) is 2.30. The summed E-state index contributed by atoms with van der Waals surface area (Å²) in [5.41, 5.74) is 2.59. The van der Waals surface area contributed by atoms with Crippen molar-refractivity contribution in [3.05, 3.63) is 35.4 Å². The molecule has 92 valence electrons. The summed E-state index contributed by atoms with van der Waals surface area (Å²) in [4.78, 5) is 11.4. The number of hydrogen-bond donors (Lipinski definition) is 0. The third-order valence-corrected chi connectivity index (χ3v) is 3.08. The van der Waals surface area contributed by atoms with Crippen LogP contribution >= 0.6 is 0 Å². The van der Waals surface area contributed by atoms with Gasteiger partial charge < -0.3 is 9.47 Å². The molecular formula is C14H18O3. The molecule has 0 bridgehead atoms. The second kappa shape index (κ2) is 5.94. The molecule has 1 aliphatic rings. The van der Waals surface area contributed by atoms with Crippen molar-refractivity contribution in [2.24, 2.45) is 0 Å². The summed E-state index contributed by atoms with van der Waals surface area (Å²) in [6.07, 6.45) is 2.31. The van der Waals surface area contributed by atoms with E-state index in [2.05, 4.69) is 18.2 Å². The zero-order chi connectivity index (χ0) is 12.1. The number of Topliss-reactive ketones (excluding diaryl/α,β-unsaturated/α-hetero) is 1. The van der Waals surface area contributed by atoms with E-state index in [4.69, 9.17) is 9.47 Å². The largest absolute Gasteiger partial charge is 0.377 e. The average molecular weight is 234 g/mol. The van der Waals surface area contributed by atoms with Crippen LogP contribution < -0.4 is 0 Å². The second-order valence-corrected chi connectivity index (χ2v) is 4.32. The molecule has 0 saturated heterocycles. The minimum atomic E-state index is 0.0701. The van der Waals surface area contributed by atoms with E-state index in [1.54, 1.807) is 7.11 Å². The number of ketones is 1. The van der Waals surface area contributed by atoms with Crippen LogP contribution in [0.3, 0.4) is 0 Å². The van der Waals surface area contributed by atoms with Crippen LogP contribution in [0.5, 0.6) is 0 Å². The van der Waals surface area contributed by atoms with E-state index in [0.29, 0.717) is 6.42 Å². The zero-order valence-electron chi connectivity index (χ0n) is 10.1. The van der Waals surface area contributed by atoms with Gasteiger partial charge in [-0.1, -0.05) is 24.3 Å². The van der Waals surface area contributed by atoms with Crippen molar-refractivity contribution in [3.63, 3.8) is 0 Å². The highest BCUT2D eigenvalue weighted by Gasteiger charge is 2.20. The smallest absolute Gasteiger partial charge is 0.158 e. The van der Waals surface area contributed by atoms with Gasteiger partial charge >= 0.3 is 0 Å². The van der Waals surface area contributed by atoms with Gasteiger partial charge in [0.15, 0.2) is 5.78 Å². The molecule has 1 unspecified atom stereocenters. The first-order valence-corrected chi connectivity index (χ1v) is 6.01. The molecule has 0 saturated carbocycles. The fourth-order valence-electron chi connectivity index (χ4n) is 2.24. The first-order chi connectivity index (χ1) is 8.31. The maximum absolute atomic E-state index is 11.4. The molecule has 0 N–H and O–H groups in total. The Hall–Kier alpha value is -1.19. The Kier molecular flexibility index (Phi) is 4.29. The van der Waals surface area contributed by atoms with E-state index in [1.807, 2.05) is 6.07 Å². The van der Waals surface area contributed by atoms with Crippen LogP contribution in [-0.4, -0.2) is 26.1 Å². The predicted molar refractivity (Wildman–Crippen MR) is 65.0 cm³/mol. The van der Waals surface area contributed by atoms with Crippen molar-refractivity contribution in [1.29, 1.82) is 0 Å². The molecule has 0 aliphatic carbocycles. The van der Waals surface area contributed by atoms with Crippen LogP contribution in [0.25, 0.3) is 0 Å². The fourth-order valence-corrected chi connectivity index (χ4v) is 2.24. The molecule has 1 atom stereocenters. The highest BCUT2D eigenvalue weighted by Crippen LogP contribution is 2.30. The second-order valence-electron chi connectivity index (χ2n) is 4.32. The lowest BCUT2D eigenvalue weighted by Crippen LogP contribution is -2.18. The Labute approximate surface area is 102 Å². The van der Waals surface area contributed by atoms with Gasteiger partial charge in [0.1, 0.15) is 6.61 Å². The molecule has 1 aliphatic heterocycles. The van der Waals surface area contributed by atoms with Gasteiger partial charge in [-0.3, -0.25) is 4.79 Å². The number of ether oxygens (including phenoxy) is 2. The van der Waals surface area contributed by atoms with E-state index >= 15 is 0 Å². The third kappa shape index (κ3) is 3.14. The number of rotatable bonds is 5. The van der Waals surface area contributed by atoms with Crippen molar-refractivity contribution in [1.82, 2.24) is 0 Å². The SMILES string of the molecule is COCC(=O)CCC1OCCc2ccccc21. The zero-order valence-corrected chi connectivity index (χ0v) is 10.1. The molecule has 3 heteroatoms. The Morgan fingerprint density at radius 2 is 2.29 bits per heavy atom. The fraction of sp³-hybridized carbons (Fsp3) is 0.500. The van der Waals surface area contributed by atoms with Crippen molar-refractivity contribution >= 4 is 5.78 Å². The number of hydrogen-bond acceptors (Lipinski definition) is 3. The van der Waals surface area contributed by atoms with Gasteiger partial charge in [0.05, 0.1) is 12.7 Å². The third-order valence-electron chi connectivity index (χ3n) is 3.08. The molecule has 17 heavy (non-hydrogen) atoms. The molecule has 0 aromatic heterocycles. The van der Waals surface area contributed by atoms with E-state index in [1.165, 1.54) is 11.1 Å². The lowest BCUT2D eigenvalue weighted by molar-refractivity contribution is -0.123. The molecule has 0 radical (unpaired) electrons. The number of fused-ring (bicyclic) bond motifs is 1. The van der Waals surface area contributed by atoms with Crippen LogP contribution in [0.4, 0.5) is 0 Å². The van der Waals surface area contributed by atoms with Gasteiger partial charge in [-0.2, -0.15) is 0 Å². The van der Waals surface area contributed by atoms with Gasteiger partial charge in [-0.05, 0) is 24.0 Å². The standard InChI is InChI=1S/C14H18O3/c1-16-10-12(15)6-7-14-13-5-3-2-4-11(13)8-9-17-14/h2-5,14H,6-10H2,1H3. The average Bonchev–Trinajstić information content (AvgIpc) is 2.36. The number of carbonyl (C=O) groups excluding carboxylic acids is 1. The van der Waals surface area contributed by atoms with Gasteiger partial charge in [0.25, 0.3) is 0 Å². The minimum Gasteiger partial charge on any atom is -0.377 e. The summed E-state index contributed by atoms with van der Waals surface area (Å²) in [5.74, 6) is 0.138. The molecule has 0 amide bonds. The maximum Gasteiger partial charge on any atom is 0.158 e. The normalized spacial score (nSPS) is 18.8. The van der Waals surface area contributed by atoms with E-state index in [9.17, 15) is 4.79 Å². The van der Waals surface area contributed by atoms with E-state index < -0.39 is 0 Å². The Morgan fingerprint density at radius 1 is 1.47 bits per heavy atom. The molecular weight excluding hydrogens is 216 g/mol. The molecule has 3 nitrogen and oxygen atoms in total. The van der Waals surface area contributed by atoms with Gasteiger partial charge in [0, 0.05) is 13.5 Å². The lowest BCUT2D eigenvalue weighted by Gasteiger charge is -2.25. The number of methoxy groups -OCH3 is 1. The van der Waals surface area contributed by atoms with E-state index in [0.717, 1.165) is 19.4 Å². The molecule has 0 fully saturated rings. The van der Waals surface area contributed by atoms with Crippen LogP contribution in [0.15, 0.2) is 24.3 Å².